The van der Waals surface area contributed by atoms with E-state index in [-0.39, 0.29) is 0 Å². The van der Waals surface area contributed by atoms with Gasteiger partial charge in [0.25, 0.3) is 0 Å². The average molecular weight is 204 g/mol. The lowest BCUT2D eigenvalue weighted by atomic mass is 9.87. The molecule has 2 rings (SSSR count). The molecule has 0 amide bonds. The second-order valence-electron chi connectivity index (χ2n) is 4.37. The molecule has 0 aromatic rings. The van der Waals surface area contributed by atoms with Gasteiger partial charge in [0, 0.05) is 24.4 Å². The first-order valence-electron chi connectivity index (χ1n) is 5.21. The molecule has 0 saturated carbocycles. The molecule has 2 saturated heterocycles. The first-order chi connectivity index (χ1) is 6.35. The summed E-state index contributed by atoms with van der Waals surface area (Å²) in [6.07, 6.45) is 3.72. The topological polar surface area (TPSA) is 12.5 Å². The SMILES string of the molecule is ClCCCN1CCC2(CCOC2)C1. The van der Waals surface area contributed by atoms with Gasteiger partial charge in [-0.2, -0.15) is 0 Å². The highest BCUT2D eigenvalue weighted by molar-refractivity contribution is 6.17. The summed E-state index contributed by atoms with van der Waals surface area (Å²) in [6.45, 7) is 5.63. The summed E-state index contributed by atoms with van der Waals surface area (Å²) in [5.74, 6) is 0.792. The molecule has 2 nitrogen and oxygen atoms in total. The van der Waals surface area contributed by atoms with Crippen molar-refractivity contribution in [2.75, 3.05) is 38.7 Å². The lowest BCUT2D eigenvalue weighted by Crippen LogP contribution is -2.28. The summed E-state index contributed by atoms with van der Waals surface area (Å²) in [6, 6.07) is 0. The molecule has 1 spiro atoms. The highest BCUT2D eigenvalue weighted by Crippen LogP contribution is 2.37. The third kappa shape index (κ3) is 2.17. The molecule has 2 aliphatic rings. The normalized spacial score (nSPS) is 34.8. The number of alkyl halides is 1. The van der Waals surface area contributed by atoms with Gasteiger partial charge in [0.2, 0.25) is 0 Å². The molecule has 1 atom stereocenters. The number of likely N-dealkylation sites (tertiary alicyclic amines) is 1. The van der Waals surface area contributed by atoms with Gasteiger partial charge in [-0.15, -0.1) is 11.6 Å². The van der Waals surface area contributed by atoms with E-state index in [0.29, 0.717) is 5.41 Å². The van der Waals surface area contributed by atoms with Crippen LogP contribution in [0.2, 0.25) is 0 Å². The van der Waals surface area contributed by atoms with E-state index in [9.17, 15) is 0 Å². The third-order valence-electron chi connectivity index (χ3n) is 3.31. The average Bonchev–Trinajstić information content (AvgIpc) is 2.74. The van der Waals surface area contributed by atoms with Crippen LogP contribution < -0.4 is 0 Å². The van der Waals surface area contributed by atoms with E-state index < -0.39 is 0 Å². The van der Waals surface area contributed by atoms with Crippen LogP contribution in [0.25, 0.3) is 0 Å². The van der Waals surface area contributed by atoms with Gasteiger partial charge >= 0.3 is 0 Å². The van der Waals surface area contributed by atoms with Gasteiger partial charge in [-0.05, 0) is 32.4 Å². The van der Waals surface area contributed by atoms with Gasteiger partial charge < -0.3 is 9.64 Å². The number of nitrogens with zero attached hydrogens (tertiary/aromatic N) is 1. The van der Waals surface area contributed by atoms with Gasteiger partial charge in [0.1, 0.15) is 0 Å². The van der Waals surface area contributed by atoms with E-state index in [0.717, 1.165) is 25.5 Å². The van der Waals surface area contributed by atoms with Crippen LogP contribution in [0.15, 0.2) is 0 Å². The van der Waals surface area contributed by atoms with Gasteiger partial charge in [-0.25, -0.2) is 0 Å². The molecule has 76 valence electrons. The molecule has 2 aliphatic heterocycles. The second kappa shape index (κ2) is 4.16. The van der Waals surface area contributed by atoms with E-state index in [1.165, 1.54) is 32.5 Å². The lowest BCUT2D eigenvalue weighted by Gasteiger charge is -2.21. The van der Waals surface area contributed by atoms with Gasteiger partial charge in [-0.3, -0.25) is 0 Å². The number of hydrogen-bond acceptors (Lipinski definition) is 2. The van der Waals surface area contributed by atoms with Crippen LogP contribution in [-0.4, -0.2) is 43.6 Å². The van der Waals surface area contributed by atoms with Gasteiger partial charge in [0.05, 0.1) is 6.61 Å². The van der Waals surface area contributed by atoms with Crippen LogP contribution in [0.4, 0.5) is 0 Å². The van der Waals surface area contributed by atoms with Crippen molar-refractivity contribution in [1.82, 2.24) is 4.90 Å². The van der Waals surface area contributed by atoms with Crippen molar-refractivity contribution in [2.45, 2.75) is 19.3 Å². The summed E-state index contributed by atoms with van der Waals surface area (Å²) in [5.41, 5.74) is 0.520. The second-order valence-corrected chi connectivity index (χ2v) is 4.75. The Hall–Kier alpha value is 0.210. The summed E-state index contributed by atoms with van der Waals surface area (Å²) in [5, 5.41) is 0. The van der Waals surface area contributed by atoms with Crippen molar-refractivity contribution >= 4 is 11.6 Å². The summed E-state index contributed by atoms with van der Waals surface area (Å²) < 4.78 is 5.48. The molecule has 0 aromatic carbocycles. The Morgan fingerprint density at radius 1 is 1.38 bits per heavy atom. The quantitative estimate of drug-likeness (QED) is 0.648. The predicted octanol–water partition coefficient (Wildman–Crippen LogP) is 1.73. The van der Waals surface area contributed by atoms with Crippen molar-refractivity contribution in [3.05, 3.63) is 0 Å². The van der Waals surface area contributed by atoms with E-state index in [4.69, 9.17) is 16.3 Å². The number of halogens is 1. The van der Waals surface area contributed by atoms with Crippen LogP contribution in [0, 0.1) is 5.41 Å². The summed E-state index contributed by atoms with van der Waals surface area (Å²) in [7, 11) is 0. The molecular weight excluding hydrogens is 186 g/mol. The Kier molecular flexibility index (Phi) is 3.12. The molecule has 1 unspecified atom stereocenters. The fourth-order valence-electron chi connectivity index (χ4n) is 2.47. The minimum atomic E-state index is 0.520. The maximum atomic E-state index is 5.68. The number of ether oxygens (including phenoxy) is 1. The molecule has 3 heteroatoms. The zero-order valence-electron chi connectivity index (χ0n) is 8.10. The smallest absolute Gasteiger partial charge is 0.0536 e. The Bertz CT molecular complexity index is 168. The number of rotatable bonds is 3. The molecule has 0 bridgehead atoms. The summed E-state index contributed by atoms with van der Waals surface area (Å²) >= 11 is 5.68. The van der Waals surface area contributed by atoms with Gasteiger partial charge in [-0.1, -0.05) is 0 Å². The van der Waals surface area contributed by atoms with Crippen molar-refractivity contribution in [2.24, 2.45) is 5.41 Å². The highest BCUT2D eigenvalue weighted by Gasteiger charge is 2.40. The van der Waals surface area contributed by atoms with Crippen LogP contribution in [0.5, 0.6) is 0 Å². The maximum absolute atomic E-state index is 5.68. The van der Waals surface area contributed by atoms with E-state index in [1.807, 2.05) is 0 Å². The zero-order valence-corrected chi connectivity index (χ0v) is 8.85. The number of hydrogen-bond donors (Lipinski definition) is 0. The Balaban J connectivity index is 1.79. The highest BCUT2D eigenvalue weighted by atomic mass is 35.5. The lowest BCUT2D eigenvalue weighted by molar-refractivity contribution is 0.152. The molecule has 2 fully saturated rings. The minimum absolute atomic E-state index is 0.520. The minimum Gasteiger partial charge on any atom is -0.381 e. The summed E-state index contributed by atoms with van der Waals surface area (Å²) in [4.78, 5) is 2.54. The first-order valence-corrected chi connectivity index (χ1v) is 5.74. The monoisotopic (exact) mass is 203 g/mol. The van der Waals surface area contributed by atoms with E-state index in [2.05, 4.69) is 4.90 Å². The fourth-order valence-corrected chi connectivity index (χ4v) is 2.59. The molecule has 0 aliphatic carbocycles. The molecule has 0 radical (unpaired) electrons. The van der Waals surface area contributed by atoms with E-state index in [1.54, 1.807) is 0 Å². The van der Waals surface area contributed by atoms with Crippen molar-refractivity contribution in [1.29, 1.82) is 0 Å². The fraction of sp³-hybridized carbons (Fsp3) is 1.00. The van der Waals surface area contributed by atoms with Crippen molar-refractivity contribution < 1.29 is 4.74 Å². The Morgan fingerprint density at radius 2 is 2.31 bits per heavy atom. The molecule has 2 heterocycles. The van der Waals surface area contributed by atoms with Crippen LogP contribution in [0.3, 0.4) is 0 Å². The van der Waals surface area contributed by atoms with Crippen LogP contribution >= 0.6 is 11.6 Å². The van der Waals surface area contributed by atoms with Crippen molar-refractivity contribution in [3.8, 4) is 0 Å². The molecule has 0 aromatic heterocycles. The zero-order chi connectivity index (χ0) is 9.15. The van der Waals surface area contributed by atoms with Crippen LogP contribution in [-0.2, 0) is 4.74 Å². The van der Waals surface area contributed by atoms with E-state index >= 15 is 0 Å². The Labute approximate surface area is 85.2 Å². The largest absolute Gasteiger partial charge is 0.381 e. The predicted molar refractivity (Wildman–Crippen MR) is 54.3 cm³/mol. The molecular formula is C10H18ClNO. The standard InChI is InChI=1S/C10H18ClNO/c11-4-1-5-12-6-2-10(8-12)3-7-13-9-10/h1-9H2. The maximum Gasteiger partial charge on any atom is 0.0536 e. The van der Waals surface area contributed by atoms with Crippen molar-refractivity contribution in [3.63, 3.8) is 0 Å². The van der Waals surface area contributed by atoms with Crippen LogP contribution in [0.1, 0.15) is 19.3 Å². The van der Waals surface area contributed by atoms with Gasteiger partial charge in [0.15, 0.2) is 0 Å². The Morgan fingerprint density at radius 3 is 3.00 bits per heavy atom. The molecule has 0 N–H and O–H groups in total. The molecule has 13 heavy (non-hydrogen) atoms. The third-order valence-corrected chi connectivity index (χ3v) is 3.58. The first kappa shape index (κ1) is 9.75.